The highest BCUT2D eigenvalue weighted by atomic mass is 19.1. The molecule has 0 aliphatic rings. The molecule has 0 aliphatic heterocycles. The molecule has 14 heavy (non-hydrogen) atoms. The summed E-state index contributed by atoms with van der Waals surface area (Å²) < 4.78 is 17.8. The van der Waals surface area contributed by atoms with E-state index in [1.807, 2.05) is 6.07 Å². The third kappa shape index (κ3) is 3.44. The number of nitrogens with one attached hydrogen (secondary N) is 1. The van der Waals surface area contributed by atoms with Crippen LogP contribution in [0.1, 0.15) is 11.1 Å². The molecular weight excluding hydrogens is 181 g/mol. The van der Waals surface area contributed by atoms with Gasteiger partial charge in [-0.2, -0.15) is 0 Å². The number of aryl methyl sites for hydroxylation is 1. The summed E-state index contributed by atoms with van der Waals surface area (Å²) >= 11 is 0. The van der Waals surface area contributed by atoms with Gasteiger partial charge >= 0.3 is 0 Å². The maximum Gasteiger partial charge on any atom is 0.126 e. The second-order valence-corrected chi connectivity index (χ2v) is 3.25. The first-order valence-electron chi connectivity index (χ1n) is 4.68. The Morgan fingerprint density at radius 1 is 1.43 bits per heavy atom. The van der Waals surface area contributed by atoms with Crippen LogP contribution in [0.3, 0.4) is 0 Å². The Balaban J connectivity index is 2.39. The molecule has 78 valence electrons. The van der Waals surface area contributed by atoms with Crippen molar-refractivity contribution >= 4 is 0 Å². The minimum atomic E-state index is -0.148. The normalized spacial score (nSPS) is 10.5. The Labute approximate surface area is 84.1 Å². The Morgan fingerprint density at radius 2 is 2.21 bits per heavy atom. The first kappa shape index (κ1) is 11.1. The molecule has 0 unspecified atom stereocenters. The summed E-state index contributed by atoms with van der Waals surface area (Å²) in [5.74, 6) is -0.148. The average Bonchev–Trinajstić information content (AvgIpc) is 2.18. The number of ether oxygens (including phenoxy) is 1. The fraction of sp³-hybridized carbons (Fsp3) is 0.455. The summed E-state index contributed by atoms with van der Waals surface area (Å²) in [7, 11) is 1.67. The van der Waals surface area contributed by atoms with Gasteiger partial charge in [0.05, 0.1) is 6.61 Å². The Hall–Kier alpha value is -0.930. The van der Waals surface area contributed by atoms with Gasteiger partial charge in [0.15, 0.2) is 0 Å². The average molecular weight is 197 g/mol. The van der Waals surface area contributed by atoms with Crippen molar-refractivity contribution in [2.75, 3.05) is 20.3 Å². The summed E-state index contributed by atoms with van der Waals surface area (Å²) in [5, 5.41) is 3.20. The van der Waals surface area contributed by atoms with E-state index >= 15 is 0 Å². The van der Waals surface area contributed by atoms with Crippen molar-refractivity contribution < 1.29 is 9.13 Å². The molecule has 1 aromatic carbocycles. The molecule has 0 heterocycles. The quantitative estimate of drug-likeness (QED) is 0.728. The number of benzene rings is 1. The molecule has 0 aliphatic carbocycles. The van der Waals surface area contributed by atoms with Gasteiger partial charge in [-0.1, -0.05) is 12.1 Å². The van der Waals surface area contributed by atoms with Gasteiger partial charge in [0.25, 0.3) is 0 Å². The molecule has 0 bridgehead atoms. The summed E-state index contributed by atoms with van der Waals surface area (Å²) in [6, 6.07) is 5.15. The lowest BCUT2D eigenvalue weighted by Gasteiger charge is -2.05. The maximum absolute atomic E-state index is 12.9. The largest absolute Gasteiger partial charge is 0.383 e. The van der Waals surface area contributed by atoms with Gasteiger partial charge in [0, 0.05) is 20.2 Å². The third-order valence-electron chi connectivity index (χ3n) is 2.03. The summed E-state index contributed by atoms with van der Waals surface area (Å²) in [4.78, 5) is 0. The Morgan fingerprint density at radius 3 is 2.86 bits per heavy atom. The van der Waals surface area contributed by atoms with Crippen LogP contribution in [0.15, 0.2) is 18.2 Å². The molecule has 3 heteroatoms. The van der Waals surface area contributed by atoms with E-state index in [9.17, 15) is 4.39 Å². The van der Waals surface area contributed by atoms with E-state index in [2.05, 4.69) is 5.32 Å². The zero-order valence-corrected chi connectivity index (χ0v) is 8.64. The molecule has 2 nitrogen and oxygen atoms in total. The van der Waals surface area contributed by atoms with Gasteiger partial charge in [-0.3, -0.25) is 0 Å². The van der Waals surface area contributed by atoms with Crippen molar-refractivity contribution in [2.24, 2.45) is 0 Å². The number of hydrogen-bond acceptors (Lipinski definition) is 2. The van der Waals surface area contributed by atoms with Crippen LogP contribution in [0, 0.1) is 12.7 Å². The molecule has 0 fully saturated rings. The zero-order chi connectivity index (χ0) is 10.4. The van der Waals surface area contributed by atoms with Gasteiger partial charge in [-0.05, 0) is 24.1 Å². The SMILES string of the molecule is COCCNCc1ccc(F)c(C)c1. The predicted octanol–water partition coefficient (Wildman–Crippen LogP) is 1.87. The van der Waals surface area contributed by atoms with Crippen molar-refractivity contribution in [3.63, 3.8) is 0 Å². The second kappa shape index (κ2) is 5.73. The van der Waals surface area contributed by atoms with E-state index in [4.69, 9.17) is 4.74 Å². The lowest BCUT2D eigenvalue weighted by molar-refractivity contribution is 0.199. The van der Waals surface area contributed by atoms with Gasteiger partial charge in [-0.15, -0.1) is 0 Å². The van der Waals surface area contributed by atoms with E-state index in [1.54, 1.807) is 20.1 Å². The number of halogens is 1. The molecule has 0 saturated heterocycles. The van der Waals surface area contributed by atoms with Crippen molar-refractivity contribution in [1.82, 2.24) is 5.32 Å². The summed E-state index contributed by atoms with van der Waals surface area (Å²) in [6.45, 7) is 4.03. The highest BCUT2D eigenvalue weighted by molar-refractivity contribution is 5.23. The highest BCUT2D eigenvalue weighted by Crippen LogP contribution is 2.08. The molecule has 0 radical (unpaired) electrons. The first-order valence-corrected chi connectivity index (χ1v) is 4.68. The van der Waals surface area contributed by atoms with Crippen LogP contribution in [0.4, 0.5) is 4.39 Å². The van der Waals surface area contributed by atoms with E-state index in [-0.39, 0.29) is 5.82 Å². The molecule has 0 amide bonds. The number of rotatable bonds is 5. The standard InChI is InChI=1S/C11H16FNO/c1-9-7-10(3-4-11(9)12)8-13-5-6-14-2/h3-4,7,13H,5-6,8H2,1-2H3. The molecule has 0 saturated carbocycles. The topological polar surface area (TPSA) is 21.3 Å². The van der Waals surface area contributed by atoms with Gasteiger partial charge in [0.2, 0.25) is 0 Å². The Bertz CT molecular complexity index is 289. The van der Waals surface area contributed by atoms with E-state index in [0.717, 1.165) is 18.7 Å². The lowest BCUT2D eigenvalue weighted by Crippen LogP contribution is -2.18. The van der Waals surface area contributed by atoms with Crippen LogP contribution in [0.25, 0.3) is 0 Å². The van der Waals surface area contributed by atoms with Crippen molar-refractivity contribution in [3.05, 3.63) is 35.1 Å². The van der Waals surface area contributed by atoms with Gasteiger partial charge < -0.3 is 10.1 Å². The fourth-order valence-corrected chi connectivity index (χ4v) is 1.22. The minimum absolute atomic E-state index is 0.148. The lowest BCUT2D eigenvalue weighted by atomic mass is 10.1. The second-order valence-electron chi connectivity index (χ2n) is 3.25. The third-order valence-corrected chi connectivity index (χ3v) is 2.03. The van der Waals surface area contributed by atoms with Crippen LogP contribution >= 0.6 is 0 Å². The van der Waals surface area contributed by atoms with E-state index < -0.39 is 0 Å². The minimum Gasteiger partial charge on any atom is -0.383 e. The van der Waals surface area contributed by atoms with Crippen molar-refractivity contribution in [3.8, 4) is 0 Å². The highest BCUT2D eigenvalue weighted by Gasteiger charge is 1.98. The zero-order valence-electron chi connectivity index (χ0n) is 8.64. The summed E-state index contributed by atoms with van der Waals surface area (Å²) in [5.41, 5.74) is 1.79. The first-order chi connectivity index (χ1) is 6.74. The Kier molecular flexibility index (Phi) is 4.56. The van der Waals surface area contributed by atoms with Gasteiger partial charge in [-0.25, -0.2) is 4.39 Å². The van der Waals surface area contributed by atoms with Crippen LogP contribution in [-0.4, -0.2) is 20.3 Å². The van der Waals surface area contributed by atoms with Crippen LogP contribution in [0.2, 0.25) is 0 Å². The molecule has 1 rings (SSSR count). The fourth-order valence-electron chi connectivity index (χ4n) is 1.22. The smallest absolute Gasteiger partial charge is 0.126 e. The molecule has 1 aromatic rings. The van der Waals surface area contributed by atoms with E-state index in [0.29, 0.717) is 12.2 Å². The van der Waals surface area contributed by atoms with Crippen LogP contribution in [0.5, 0.6) is 0 Å². The molecule has 1 N–H and O–H groups in total. The molecule has 0 aromatic heterocycles. The maximum atomic E-state index is 12.9. The van der Waals surface area contributed by atoms with Crippen LogP contribution in [-0.2, 0) is 11.3 Å². The number of hydrogen-bond donors (Lipinski definition) is 1. The van der Waals surface area contributed by atoms with E-state index in [1.165, 1.54) is 6.07 Å². The van der Waals surface area contributed by atoms with Crippen molar-refractivity contribution in [1.29, 1.82) is 0 Å². The molecule has 0 atom stereocenters. The predicted molar refractivity (Wildman–Crippen MR) is 54.7 cm³/mol. The van der Waals surface area contributed by atoms with Crippen LogP contribution < -0.4 is 5.32 Å². The molecular formula is C11H16FNO. The summed E-state index contributed by atoms with van der Waals surface area (Å²) in [6.07, 6.45) is 0. The van der Waals surface area contributed by atoms with Crippen molar-refractivity contribution in [2.45, 2.75) is 13.5 Å². The molecule has 0 spiro atoms. The monoisotopic (exact) mass is 197 g/mol. The number of methoxy groups -OCH3 is 1. The van der Waals surface area contributed by atoms with Gasteiger partial charge in [0.1, 0.15) is 5.82 Å².